The molecule has 2 atom stereocenters. The van der Waals surface area contributed by atoms with Crippen LogP contribution in [0.4, 0.5) is 17.1 Å². The quantitative estimate of drug-likeness (QED) is 0.151. The van der Waals surface area contributed by atoms with E-state index in [0.29, 0.717) is 46.1 Å². The Kier molecular flexibility index (Phi) is 9.46. The molecule has 10 nitrogen and oxygen atoms in total. The van der Waals surface area contributed by atoms with Crippen LogP contribution >= 0.6 is 11.6 Å². The van der Waals surface area contributed by atoms with Crippen molar-refractivity contribution < 1.29 is 23.9 Å². The number of anilines is 1. The zero-order valence-corrected chi connectivity index (χ0v) is 24.5. The Labute approximate surface area is 254 Å². The van der Waals surface area contributed by atoms with Crippen LogP contribution in [0.25, 0.3) is 0 Å². The van der Waals surface area contributed by atoms with E-state index in [4.69, 9.17) is 16.3 Å². The molecule has 3 aromatic carbocycles. The van der Waals surface area contributed by atoms with E-state index in [-0.39, 0.29) is 42.5 Å². The summed E-state index contributed by atoms with van der Waals surface area (Å²) in [5, 5.41) is 13.7. The van der Waals surface area contributed by atoms with Crippen molar-refractivity contribution in [2.75, 3.05) is 11.9 Å². The van der Waals surface area contributed by atoms with E-state index in [1.54, 1.807) is 54.6 Å². The van der Waals surface area contributed by atoms with Crippen LogP contribution in [0.2, 0.25) is 0 Å². The molecule has 2 unspecified atom stereocenters. The van der Waals surface area contributed by atoms with Crippen molar-refractivity contribution in [2.24, 2.45) is 10.2 Å². The number of rotatable bonds is 11. The van der Waals surface area contributed by atoms with E-state index in [2.05, 4.69) is 27.8 Å². The molecule has 0 radical (unpaired) electrons. The Hall–Kier alpha value is -4.57. The fraction of sp³-hybridized carbons (Fsp3) is 0.312. The number of benzene rings is 3. The van der Waals surface area contributed by atoms with Crippen LogP contribution in [0.15, 0.2) is 77.0 Å². The molecule has 0 aromatic heterocycles. The Morgan fingerprint density at radius 1 is 1.05 bits per heavy atom. The summed E-state index contributed by atoms with van der Waals surface area (Å²) in [6.07, 6.45) is 3.54. The molecule has 0 saturated carbocycles. The molecule has 1 saturated heterocycles. The van der Waals surface area contributed by atoms with Gasteiger partial charge in [-0.2, -0.15) is 10.2 Å². The van der Waals surface area contributed by atoms with E-state index in [1.807, 2.05) is 12.1 Å². The summed E-state index contributed by atoms with van der Waals surface area (Å²) < 4.78 is 5.74. The first-order valence-corrected chi connectivity index (χ1v) is 14.7. The number of carbonyl (C=O) groups excluding carboxylic acids is 4. The van der Waals surface area contributed by atoms with Crippen LogP contribution in [0, 0.1) is 0 Å². The highest BCUT2D eigenvalue weighted by Gasteiger charge is 2.40. The van der Waals surface area contributed by atoms with Crippen LogP contribution in [0.1, 0.15) is 65.3 Å². The van der Waals surface area contributed by atoms with Crippen molar-refractivity contribution in [3.63, 3.8) is 0 Å². The number of nitrogens with zero attached hydrogens (tertiary/aromatic N) is 3. The fourth-order valence-electron chi connectivity index (χ4n) is 5.00. The number of hydrogen-bond donors (Lipinski definition) is 2. The van der Waals surface area contributed by atoms with Gasteiger partial charge in [0, 0.05) is 35.3 Å². The number of unbranched alkanes of at least 4 members (excludes halogenated alkanes) is 1. The third-order valence-corrected chi connectivity index (χ3v) is 7.72. The van der Waals surface area contributed by atoms with E-state index in [0.717, 1.165) is 19.3 Å². The molecule has 2 N–H and O–H groups in total. The molecule has 2 aliphatic rings. The minimum atomic E-state index is -0.729. The van der Waals surface area contributed by atoms with Gasteiger partial charge < -0.3 is 15.0 Å². The maximum Gasteiger partial charge on any atom is 0.255 e. The predicted molar refractivity (Wildman–Crippen MR) is 162 cm³/mol. The second kappa shape index (κ2) is 13.6. The van der Waals surface area contributed by atoms with Crippen LogP contribution in [0.3, 0.4) is 0 Å². The smallest absolute Gasteiger partial charge is 0.255 e. The second-order valence-corrected chi connectivity index (χ2v) is 11.1. The van der Waals surface area contributed by atoms with Gasteiger partial charge in [-0.3, -0.25) is 24.5 Å². The monoisotopic (exact) mass is 601 g/mol. The normalized spacial score (nSPS) is 17.1. The maximum absolute atomic E-state index is 13.1. The van der Waals surface area contributed by atoms with Crippen molar-refractivity contribution in [2.45, 2.75) is 57.0 Å². The number of fused-ring (bicyclic) bond motifs is 1. The molecule has 0 spiro atoms. The summed E-state index contributed by atoms with van der Waals surface area (Å²) in [6.45, 7) is 2.75. The molecule has 3 aromatic rings. The molecule has 4 amide bonds. The number of hydrogen-bond acceptors (Lipinski definition) is 7. The number of ether oxygens (including phenoxy) is 1. The summed E-state index contributed by atoms with van der Waals surface area (Å²) in [4.78, 5) is 51.4. The van der Waals surface area contributed by atoms with Gasteiger partial charge >= 0.3 is 0 Å². The number of amides is 4. The van der Waals surface area contributed by atoms with Gasteiger partial charge in [-0.25, -0.2) is 0 Å². The molecule has 2 aliphatic heterocycles. The van der Waals surface area contributed by atoms with Gasteiger partial charge in [0.25, 0.3) is 11.8 Å². The van der Waals surface area contributed by atoms with Crippen molar-refractivity contribution in [3.05, 3.63) is 83.4 Å². The average molecular weight is 602 g/mol. The minimum Gasteiger partial charge on any atom is -0.492 e. The molecule has 2 heterocycles. The van der Waals surface area contributed by atoms with Crippen molar-refractivity contribution in [1.82, 2.24) is 10.2 Å². The Morgan fingerprint density at radius 2 is 1.74 bits per heavy atom. The zero-order valence-electron chi connectivity index (χ0n) is 23.7. The third kappa shape index (κ3) is 7.26. The standard InChI is InChI=1S/C32H32ClN5O5/c1-2-3-5-21(33)19-43-24-14-12-23(13-15-24)37-36-22-10-8-20(9-11-22)30(40)34-27-7-4-6-25-26(27)18-38(32(25)42)28-16-17-29(39)35-31(28)41/h4,6-15,21,28H,2-3,5,16-19H2,1H3,(H,34,40)(H,35,39,41)/b37-36+. The summed E-state index contributed by atoms with van der Waals surface area (Å²) in [5.74, 6) is -0.765. The number of nitrogens with one attached hydrogen (secondary N) is 2. The van der Waals surface area contributed by atoms with Crippen LogP contribution < -0.4 is 15.4 Å². The SMILES string of the molecule is CCCCC(Cl)COc1ccc(/N=N/c2ccc(C(=O)Nc3cccc4c3CN(C3CCC(=O)NC3=O)C4=O)cc2)cc1. The number of halogens is 1. The molecular formula is C32H32ClN5O5. The highest BCUT2D eigenvalue weighted by molar-refractivity contribution is 6.20. The Balaban J connectivity index is 1.18. The van der Waals surface area contributed by atoms with Gasteiger partial charge in [-0.05, 0) is 73.5 Å². The van der Waals surface area contributed by atoms with Gasteiger partial charge in [-0.1, -0.05) is 25.8 Å². The molecular weight excluding hydrogens is 570 g/mol. The van der Waals surface area contributed by atoms with Gasteiger partial charge in [0.1, 0.15) is 18.4 Å². The van der Waals surface area contributed by atoms with Crippen LogP contribution in [-0.4, -0.2) is 46.6 Å². The van der Waals surface area contributed by atoms with E-state index < -0.39 is 11.9 Å². The van der Waals surface area contributed by atoms with E-state index in [1.165, 1.54) is 4.90 Å². The molecule has 222 valence electrons. The minimum absolute atomic E-state index is 0.0163. The van der Waals surface area contributed by atoms with Crippen molar-refractivity contribution >= 4 is 52.3 Å². The summed E-state index contributed by atoms with van der Waals surface area (Å²) >= 11 is 6.28. The molecule has 11 heteroatoms. The number of alkyl halides is 1. The number of azo groups is 1. The molecule has 43 heavy (non-hydrogen) atoms. The topological polar surface area (TPSA) is 130 Å². The largest absolute Gasteiger partial charge is 0.492 e. The average Bonchev–Trinajstić information content (AvgIpc) is 3.35. The lowest BCUT2D eigenvalue weighted by atomic mass is 10.0. The zero-order chi connectivity index (χ0) is 30.3. The second-order valence-electron chi connectivity index (χ2n) is 10.5. The Bertz CT molecular complexity index is 1540. The van der Waals surface area contributed by atoms with E-state index in [9.17, 15) is 19.2 Å². The van der Waals surface area contributed by atoms with Crippen LogP contribution in [0.5, 0.6) is 5.75 Å². The van der Waals surface area contributed by atoms with Crippen LogP contribution in [-0.2, 0) is 16.1 Å². The molecule has 0 aliphatic carbocycles. The highest BCUT2D eigenvalue weighted by Crippen LogP contribution is 2.32. The summed E-state index contributed by atoms with van der Waals surface area (Å²) in [6, 6.07) is 18.3. The lowest BCUT2D eigenvalue weighted by Gasteiger charge is -2.29. The van der Waals surface area contributed by atoms with Crippen molar-refractivity contribution in [3.8, 4) is 5.75 Å². The predicted octanol–water partition coefficient (Wildman–Crippen LogP) is 6.29. The van der Waals surface area contributed by atoms with Gasteiger partial charge in [0.2, 0.25) is 11.8 Å². The highest BCUT2D eigenvalue weighted by atomic mass is 35.5. The first-order valence-electron chi connectivity index (χ1n) is 14.3. The molecule has 5 rings (SSSR count). The molecule has 0 bridgehead atoms. The first kappa shape index (κ1) is 29.9. The fourth-order valence-corrected chi connectivity index (χ4v) is 5.21. The van der Waals surface area contributed by atoms with Gasteiger partial charge in [0.15, 0.2) is 0 Å². The first-order chi connectivity index (χ1) is 20.8. The maximum atomic E-state index is 13.1. The van der Waals surface area contributed by atoms with Crippen molar-refractivity contribution in [1.29, 1.82) is 0 Å². The van der Waals surface area contributed by atoms with E-state index >= 15 is 0 Å². The third-order valence-electron chi connectivity index (χ3n) is 7.38. The number of piperidine rings is 1. The molecule has 1 fully saturated rings. The lowest BCUT2D eigenvalue weighted by molar-refractivity contribution is -0.136. The Morgan fingerprint density at radius 3 is 2.42 bits per heavy atom. The summed E-state index contributed by atoms with van der Waals surface area (Å²) in [5.41, 5.74) is 3.18. The van der Waals surface area contributed by atoms with Gasteiger partial charge in [-0.15, -0.1) is 11.6 Å². The number of imide groups is 1. The van der Waals surface area contributed by atoms with Gasteiger partial charge in [0.05, 0.1) is 16.8 Å². The lowest BCUT2D eigenvalue weighted by Crippen LogP contribution is -2.52. The summed E-state index contributed by atoms with van der Waals surface area (Å²) in [7, 11) is 0. The number of carbonyl (C=O) groups is 4.